The second-order valence-electron chi connectivity index (χ2n) is 13.0. The first-order valence-corrected chi connectivity index (χ1v) is 17.8. The maximum Gasteiger partial charge on any atom is 0.275 e. The number of nitrogens with zero attached hydrogens (tertiary/aromatic N) is 4. The molecule has 1 spiro atoms. The second-order valence-corrected chi connectivity index (χ2v) is 13.0. The highest BCUT2D eigenvalue weighted by Gasteiger charge is 2.57. The molecule has 5 aromatic rings. The summed E-state index contributed by atoms with van der Waals surface area (Å²) in [5.74, 6) is 2.64. The average Bonchev–Trinajstić information content (AvgIpc) is 3.60. The summed E-state index contributed by atoms with van der Waals surface area (Å²) in [6.07, 6.45) is 0. The number of hydrogen-bond acceptors (Lipinski definition) is 7. The van der Waals surface area contributed by atoms with E-state index in [4.69, 9.17) is 19.3 Å². The molecule has 0 saturated heterocycles. The molecule has 51 heavy (non-hydrogen) atoms. The van der Waals surface area contributed by atoms with Gasteiger partial charge in [-0.2, -0.15) is 5.10 Å². The van der Waals surface area contributed by atoms with Gasteiger partial charge in [-0.1, -0.05) is 30.3 Å². The number of methoxy groups -OCH3 is 2. The molecule has 8 heteroatoms. The van der Waals surface area contributed by atoms with Crippen LogP contribution in [0, 0.1) is 0 Å². The monoisotopic (exact) mass is 678 g/mol. The largest absolute Gasteiger partial charge is 0.497 e. The van der Waals surface area contributed by atoms with Crippen molar-refractivity contribution in [3.63, 3.8) is 0 Å². The van der Waals surface area contributed by atoms with Crippen molar-refractivity contribution < 1.29 is 19.0 Å². The van der Waals surface area contributed by atoms with E-state index in [9.17, 15) is 4.79 Å². The van der Waals surface area contributed by atoms with Crippen LogP contribution in [-0.4, -0.2) is 57.0 Å². The van der Waals surface area contributed by atoms with E-state index in [1.807, 2.05) is 42.5 Å². The van der Waals surface area contributed by atoms with Crippen molar-refractivity contribution in [3.8, 4) is 34.1 Å². The highest BCUT2D eigenvalue weighted by Crippen LogP contribution is 2.59. The molecular formula is C43H42N4O4. The molecule has 0 radical (unpaired) electrons. The summed E-state index contributed by atoms with van der Waals surface area (Å²) in [7, 11) is 3.32. The van der Waals surface area contributed by atoms with Crippen molar-refractivity contribution in [1.29, 1.82) is 0 Å². The summed E-state index contributed by atoms with van der Waals surface area (Å²) in [6.45, 7) is 12.0. The number of hydrazone groups is 1. The van der Waals surface area contributed by atoms with E-state index >= 15 is 0 Å². The normalized spacial score (nSPS) is 14.3. The van der Waals surface area contributed by atoms with Gasteiger partial charge >= 0.3 is 0 Å². The van der Waals surface area contributed by atoms with Gasteiger partial charge in [-0.15, -0.1) is 0 Å². The number of hydrogen-bond donors (Lipinski definition) is 0. The maximum absolute atomic E-state index is 15.0. The number of fused-ring (bicyclic) bond motifs is 9. The van der Waals surface area contributed by atoms with Gasteiger partial charge in [0.25, 0.3) is 5.91 Å². The molecule has 3 aliphatic rings. The number of carbonyl (C=O) groups is 1. The quantitative estimate of drug-likeness (QED) is 0.153. The van der Waals surface area contributed by atoms with Gasteiger partial charge in [0.2, 0.25) is 0 Å². The van der Waals surface area contributed by atoms with Crippen molar-refractivity contribution >= 4 is 23.0 Å². The van der Waals surface area contributed by atoms with Crippen LogP contribution in [0.25, 0.3) is 11.1 Å². The molecule has 2 heterocycles. The summed E-state index contributed by atoms with van der Waals surface area (Å²) in [5, 5.41) is 7.18. The fraction of sp³-hybridized carbons (Fsp3) is 0.256. The van der Waals surface area contributed by atoms with Gasteiger partial charge in [0.1, 0.15) is 28.5 Å². The Balaban J connectivity index is 1.45. The van der Waals surface area contributed by atoms with Crippen molar-refractivity contribution in [1.82, 2.24) is 5.01 Å². The average molecular weight is 679 g/mol. The molecule has 1 amide bonds. The third kappa shape index (κ3) is 4.73. The second kappa shape index (κ2) is 12.5. The van der Waals surface area contributed by atoms with Crippen molar-refractivity contribution in [2.75, 3.05) is 50.2 Å². The molecule has 0 N–H and O–H groups in total. The minimum atomic E-state index is -1.12. The lowest BCUT2D eigenvalue weighted by Crippen LogP contribution is -2.45. The smallest absolute Gasteiger partial charge is 0.275 e. The van der Waals surface area contributed by atoms with Crippen LogP contribution >= 0.6 is 0 Å². The first-order valence-electron chi connectivity index (χ1n) is 17.8. The van der Waals surface area contributed by atoms with Gasteiger partial charge in [0.15, 0.2) is 0 Å². The number of benzene rings is 5. The van der Waals surface area contributed by atoms with Crippen molar-refractivity contribution in [2.45, 2.75) is 33.2 Å². The zero-order valence-electron chi connectivity index (χ0n) is 30.0. The van der Waals surface area contributed by atoms with Crippen LogP contribution < -0.4 is 24.0 Å². The first-order chi connectivity index (χ1) is 24.9. The topological polar surface area (TPSA) is 66.8 Å². The molecule has 0 saturated carbocycles. The van der Waals surface area contributed by atoms with Crippen molar-refractivity contribution in [2.24, 2.45) is 5.10 Å². The van der Waals surface area contributed by atoms with Gasteiger partial charge in [0.05, 0.1) is 19.9 Å². The van der Waals surface area contributed by atoms with E-state index in [0.717, 1.165) is 76.5 Å². The molecule has 8 nitrogen and oxygen atoms in total. The zero-order chi connectivity index (χ0) is 35.4. The number of anilines is 2. The molecule has 0 fully saturated rings. The Hall–Kier alpha value is -5.76. The SMILES string of the molecule is CCN(CC)c1ccc2c(c1)Oc1cc(N(CC)CC)ccc1C21c2ccccc2C(=O)N1N=C1c2cc(OC)ccc2-c2ccc(OC)cc21. The Morgan fingerprint density at radius 2 is 1.12 bits per heavy atom. The summed E-state index contributed by atoms with van der Waals surface area (Å²) < 4.78 is 18.3. The third-order valence-electron chi connectivity index (χ3n) is 10.7. The standard InChI is InChI=1S/C43H42N4O4/c1-7-45(8-2)27-15-21-37-39(23-27)51-40-24-28(46(9-3)10-4)16-22-38(40)43(37)36-14-12-11-13-33(36)42(48)47(43)44-41-34-25-29(49-5)17-19-31(34)32-20-18-30(50-6)26-35(32)41/h11-26H,7-10H2,1-6H3. The lowest BCUT2D eigenvalue weighted by molar-refractivity contribution is 0.0674. The Morgan fingerprint density at radius 1 is 0.608 bits per heavy atom. The molecule has 0 bridgehead atoms. The minimum Gasteiger partial charge on any atom is -0.497 e. The molecule has 0 unspecified atom stereocenters. The molecule has 2 aliphatic heterocycles. The Kier molecular flexibility index (Phi) is 7.97. The molecule has 8 rings (SSSR count). The van der Waals surface area contributed by atoms with Gasteiger partial charge < -0.3 is 24.0 Å². The third-order valence-corrected chi connectivity index (χ3v) is 10.7. The minimum absolute atomic E-state index is 0.182. The molecule has 0 atom stereocenters. The summed E-state index contributed by atoms with van der Waals surface area (Å²) >= 11 is 0. The predicted molar refractivity (Wildman–Crippen MR) is 203 cm³/mol. The van der Waals surface area contributed by atoms with Crippen LogP contribution in [-0.2, 0) is 5.54 Å². The number of amides is 1. The maximum atomic E-state index is 15.0. The van der Waals surface area contributed by atoms with Gasteiger partial charge in [-0.3, -0.25) is 4.79 Å². The Bertz CT molecular complexity index is 2100. The molecular weight excluding hydrogens is 636 g/mol. The molecule has 5 aromatic carbocycles. The molecule has 258 valence electrons. The lowest BCUT2D eigenvalue weighted by Gasteiger charge is -2.42. The predicted octanol–water partition coefficient (Wildman–Crippen LogP) is 8.68. The van der Waals surface area contributed by atoms with E-state index in [2.05, 4.69) is 92.1 Å². The van der Waals surface area contributed by atoms with Crippen LogP contribution in [0.2, 0.25) is 0 Å². The van der Waals surface area contributed by atoms with Crippen LogP contribution in [0.1, 0.15) is 65.9 Å². The fourth-order valence-corrected chi connectivity index (χ4v) is 8.14. The van der Waals surface area contributed by atoms with E-state index in [-0.39, 0.29) is 5.91 Å². The highest BCUT2D eigenvalue weighted by molar-refractivity contribution is 6.25. The summed E-state index contributed by atoms with van der Waals surface area (Å²) in [5.41, 5.74) is 8.68. The van der Waals surface area contributed by atoms with E-state index in [1.165, 1.54) is 0 Å². The van der Waals surface area contributed by atoms with E-state index < -0.39 is 5.54 Å². The fourth-order valence-electron chi connectivity index (χ4n) is 8.14. The number of carbonyl (C=O) groups excluding carboxylic acids is 1. The summed E-state index contributed by atoms with van der Waals surface area (Å²) in [6, 6.07) is 32.7. The van der Waals surface area contributed by atoms with Gasteiger partial charge in [0, 0.05) is 83.1 Å². The lowest BCUT2D eigenvalue weighted by atomic mass is 9.75. The van der Waals surface area contributed by atoms with E-state index in [1.54, 1.807) is 19.2 Å². The van der Waals surface area contributed by atoms with E-state index in [0.29, 0.717) is 34.3 Å². The molecule has 0 aromatic heterocycles. The highest BCUT2D eigenvalue weighted by atomic mass is 16.5. The van der Waals surface area contributed by atoms with Crippen LogP contribution in [0.15, 0.2) is 102 Å². The zero-order valence-corrected chi connectivity index (χ0v) is 30.0. The Labute approximate surface area is 299 Å². The first kappa shape index (κ1) is 32.4. The molecule has 1 aliphatic carbocycles. The van der Waals surface area contributed by atoms with Gasteiger partial charge in [-0.05, 0) is 93.4 Å². The van der Waals surface area contributed by atoms with Gasteiger partial charge in [-0.25, -0.2) is 5.01 Å². The van der Waals surface area contributed by atoms with Crippen LogP contribution in [0.4, 0.5) is 11.4 Å². The summed E-state index contributed by atoms with van der Waals surface area (Å²) in [4.78, 5) is 19.6. The Morgan fingerprint density at radius 3 is 1.61 bits per heavy atom. The number of ether oxygens (including phenoxy) is 3. The van der Waals surface area contributed by atoms with Crippen LogP contribution in [0.5, 0.6) is 23.0 Å². The van der Waals surface area contributed by atoms with Crippen LogP contribution in [0.3, 0.4) is 0 Å². The van der Waals surface area contributed by atoms with Crippen molar-refractivity contribution in [3.05, 3.63) is 130 Å². The number of rotatable bonds is 9.